The standard InChI is InChI=1S/C14H22O/c1-2-9-14(10-6-11-14)13(15)12-7-4-3-5-8-12/h3-4,7,13,15H,2,5-6,8-11H2,1H3. The first-order chi connectivity index (χ1) is 7.28. The normalized spacial score (nSPS) is 25.6. The highest BCUT2D eigenvalue weighted by Gasteiger charge is 2.43. The molecule has 1 fully saturated rings. The third-order valence-electron chi connectivity index (χ3n) is 4.07. The second-order valence-corrected chi connectivity index (χ2v) is 5.08. The predicted molar refractivity (Wildman–Crippen MR) is 63.7 cm³/mol. The van der Waals surface area contributed by atoms with E-state index in [1.165, 1.54) is 37.7 Å². The lowest BCUT2D eigenvalue weighted by Crippen LogP contribution is -2.42. The zero-order chi connectivity index (χ0) is 10.7. The molecular weight excluding hydrogens is 184 g/mol. The first-order valence-corrected chi connectivity index (χ1v) is 6.32. The highest BCUT2D eigenvalue weighted by molar-refractivity contribution is 5.24. The summed E-state index contributed by atoms with van der Waals surface area (Å²) in [6.45, 7) is 2.22. The van der Waals surface area contributed by atoms with Crippen molar-refractivity contribution in [1.29, 1.82) is 0 Å². The van der Waals surface area contributed by atoms with E-state index in [9.17, 15) is 5.11 Å². The molecule has 1 heteroatoms. The largest absolute Gasteiger partial charge is 0.388 e. The maximum atomic E-state index is 10.5. The molecule has 2 rings (SSSR count). The van der Waals surface area contributed by atoms with Crippen molar-refractivity contribution in [1.82, 2.24) is 0 Å². The van der Waals surface area contributed by atoms with Gasteiger partial charge in [0.05, 0.1) is 6.10 Å². The van der Waals surface area contributed by atoms with Crippen LogP contribution in [0.1, 0.15) is 51.9 Å². The molecule has 0 aromatic rings. The minimum Gasteiger partial charge on any atom is -0.388 e. The molecule has 84 valence electrons. The zero-order valence-corrected chi connectivity index (χ0v) is 9.71. The summed E-state index contributed by atoms with van der Waals surface area (Å²) in [4.78, 5) is 0. The fraction of sp³-hybridized carbons (Fsp3) is 0.714. The van der Waals surface area contributed by atoms with Crippen molar-refractivity contribution in [3.63, 3.8) is 0 Å². The van der Waals surface area contributed by atoms with Crippen LogP contribution in [-0.4, -0.2) is 11.2 Å². The number of aliphatic hydroxyl groups excluding tert-OH is 1. The molecule has 1 nitrogen and oxygen atoms in total. The topological polar surface area (TPSA) is 20.2 Å². The van der Waals surface area contributed by atoms with Gasteiger partial charge in [-0.2, -0.15) is 0 Å². The van der Waals surface area contributed by atoms with Crippen LogP contribution < -0.4 is 0 Å². The van der Waals surface area contributed by atoms with Crippen molar-refractivity contribution in [3.8, 4) is 0 Å². The average molecular weight is 206 g/mol. The molecule has 1 unspecified atom stereocenters. The van der Waals surface area contributed by atoms with Crippen molar-refractivity contribution >= 4 is 0 Å². The van der Waals surface area contributed by atoms with Gasteiger partial charge in [0.15, 0.2) is 0 Å². The van der Waals surface area contributed by atoms with E-state index in [2.05, 4.69) is 25.2 Å². The maximum Gasteiger partial charge on any atom is 0.0809 e. The van der Waals surface area contributed by atoms with Gasteiger partial charge in [0.25, 0.3) is 0 Å². The molecule has 0 amide bonds. The molecule has 0 spiro atoms. The summed E-state index contributed by atoms with van der Waals surface area (Å²) in [5.74, 6) is 0. The Morgan fingerprint density at radius 1 is 1.47 bits per heavy atom. The Bertz CT molecular complexity index is 271. The molecule has 0 aromatic heterocycles. The Kier molecular flexibility index (Phi) is 3.30. The lowest BCUT2D eigenvalue weighted by atomic mass is 9.60. The van der Waals surface area contributed by atoms with Crippen LogP contribution in [-0.2, 0) is 0 Å². The van der Waals surface area contributed by atoms with Crippen LogP contribution in [0.25, 0.3) is 0 Å². The quantitative estimate of drug-likeness (QED) is 0.745. The van der Waals surface area contributed by atoms with E-state index in [-0.39, 0.29) is 11.5 Å². The van der Waals surface area contributed by atoms with E-state index < -0.39 is 0 Å². The Labute approximate surface area is 92.9 Å². The van der Waals surface area contributed by atoms with Gasteiger partial charge in [-0.05, 0) is 37.7 Å². The van der Waals surface area contributed by atoms with Crippen molar-refractivity contribution in [2.45, 2.75) is 58.0 Å². The van der Waals surface area contributed by atoms with Crippen molar-refractivity contribution < 1.29 is 5.11 Å². The number of hydrogen-bond acceptors (Lipinski definition) is 1. The predicted octanol–water partition coefficient (Wildman–Crippen LogP) is 3.59. The Morgan fingerprint density at radius 2 is 2.27 bits per heavy atom. The molecule has 0 radical (unpaired) electrons. The highest BCUT2D eigenvalue weighted by Crippen LogP contribution is 2.50. The fourth-order valence-electron chi connectivity index (χ4n) is 3.03. The Hall–Kier alpha value is -0.560. The van der Waals surface area contributed by atoms with Gasteiger partial charge in [0.1, 0.15) is 0 Å². The van der Waals surface area contributed by atoms with Crippen molar-refractivity contribution in [3.05, 3.63) is 23.8 Å². The summed E-state index contributed by atoms with van der Waals surface area (Å²) in [7, 11) is 0. The minimum absolute atomic E-state index is 0.170. The summed E-state index contributed by atoms with van der Waals surface area (Å²) >= 11 is 0. The van der Waals surface area contributed by atoms with Crippen LogP contribution >= 0.6 is 0 Å². The first-order valence-electron chi connectivity index (χ1n) is 6.32. The van der Waals surface area contributed by atoms with Crippen molar-refractivity contribution in [2.24, 2.45) is 5.41 Å². The summed E-state index contributed by atoms with van der Waals surface area (Å²) in [5.41, 5.74) is 1.51. The number of hydrogen-bond donors (Lipinski definition) is 1. The molecule has 0 heterocycles. The van der Waals surface area contributed by atoms with E-state index in [1.54, 1.807) is 0 Å². The van der Waals surface area contributed by atoms with Crippen LogP contribution in [0, 0.1) is 5.41 Å². The maximum absolute atomic E-state index is 10.5. The first kappa shape index (κ1) is 10.9. The fourth-order valence-corrected chi connectivity index (χ4v) is 3.03. The monoisotopic (exact) mass is 206 g/mol. The van der Waals surface area contributed by atoms with Gasteiger partial charge in [-0.15, -0.1) is 0 Å². The second-order valence-electron chi connectivity index (χ2n) is 5.08. The molecule has 1 N–H and O–H groups in total. The van der Waals surface area contributed by atoms with E-state index in [0.29, 0.717) is 0 Å². The van der Waals surface area contributed by atoms with E-state index in [4.69, 9.17) is 0 Å². The molecule has 0 bridgehead atoms. The van der Waals surface area contributed by atoms with Gasteiger partial charge in [0.2, 0.25) is 0 Å². The average Bonchev–Trinajstić information content (AvgIpc) is 2.24. The summed E-state index contributed by atoms with van der Waals surface area (Å²) in [5, 5.41) is 10.5. The van der Waals surface area contributed by atoms with Gasteiger partial charge >= 0.3 is 0 Å². The highest BCUT2D eigenvalue weighted by atomic mass is 16.3. The van der Waals surface area contributed by atoms with Crippen LogP contribution in [0.3, 0.4) is 0 Å². The van der Waals surface area contributed by atoms with Crippen molar-refractivity contribution in [2.75, 3.05) is 0 Å². The lowest BCUT2D eigenvalue weighted by molar-refractivity contribution is -0.0213. The zero-order valence-electron chi connectivity index (χ0n) is 9.71. The molecular formula is C14H22O. The van der Waals surface area contributed by atoms with E-state index in [1.807, 2.05) is 0 Å². The smallest absolute Gasteiger partial charge is 0.0809 e. The lowest BCUT2D eigenvalue weighted by Gasteiger charge is -2.46. The third kappa shape index (κ3) is 2.03. The van der Waals surface area contributed by atoms with Crippen LogP contribution in [0.4, 0.5) is 0 Å². The molecule has 15 heavy (non-hydrogen) atoms. The van der Waals surface area contributed by atoms with E-state index >= 15 is 0 Å². The SMILES string of the molecule is CCCC1(C(O)C2=CC=CCC2)CCC1. The minimum atomic E-state index is -0.170. The molecule has 0 aliphatic heterocycles. The third-order valence-corrected chi connectivity index (χ3v) is 4.07. The molecule has 2 aliphatic rings. The summed E-state index contributed by atoms with van der Waals surface area (Å²) in [6.07, 6.45) is 14.5. The summed E-state index contributed by atoms with van der Waals surface area (Å²) in [6, 6.07) is 0. The number of allylic oxidation sites excluding steroid dienone is 3. The number of aliphatic hydroxyl groups is 1. The second kappa shape index (κ2) is 4.52. The number of rotatable bonds is 4. The Balaban J connectivity index is 2.07. The molecule has 0 aromatic carbocycles. The molecule has 1 atom stereocenters. The molecule has 2 aliphatic carbocycles. The molecule has 1 saturated carbocycles. The van der Waals surface area contributed by atoms with Crippen LogP contribution in [0.2, 0.25) is 0 Å². The summed E-state index contributed by atoms with van der Waals surface area (Å²) < 4.78 is 0. The van der Waals surface area contributed by atoms with Crippen LogP contribution in [0.5, 0.6) is 0 Å². The van der Waals surface area contributed by atoms with Gasteiger partial charge in [-0.3, -0.25) is 0 Å². The van der Waals surface area contributed by atoms with E-state index in [0.717, 1.165) is 12.8 Å². The van der Waals surface area contributed by atoms with Gasteiger partial charge < -0.3 is 5.11 Å². The molecule has 0 saturated heterocycles. The van der Waals surface area contributed by atoms with Gasteiger partial charge in [-0.1, -0.05) is 38.0 Å². The van der Waals surface area contributed by atoms with Crippen LogP contribution in [0.15, 0.2) is 23.8 Å². The van der Waals surface area contributed by atoms with Gasteiger partial charge in [0, 0.05) is 5.41 Å². The van der Waals surface area contributed by atoms with Gasteiger partial charge in [-0.25, -0.2) is 0 Å². The Morgan fingerprint density at radius 3 is 2.73 bits per heavy atom.